The summed E-state index contributed by atoms with van der Waals surface area (Å²) in [5.74, 6) is -2.70. The zero-order valence-electron chi connectivity index (χ0n) is 24.7. The van der Waals surface area contributed by atoms with E-state index in [1.807, 2.05) is 26.8 Å². The minimum absolute atomic E-state index is 0. The van der Waals surface area contributed by atoms with E-state index >= 15 is 0 Å². The fraction of sp³-hybridized carbons (Fsp3) is 0.581. The smallest absolute Gasteiger partial charge is 0.408 e. The molecule has 1 aromatic rings. The number of aliphatic carboxylic acids is 1. The van der Waals surface area contributed by atoms with E-state index in [0.717, 1.165) is 31.2 Å². The third-order valence-corrected chi connectivity index (χ3v) is 9.20. The van der Waals surface area contributed by atoms with Crippen molar-refractivity contribution >= 4 is 41.2 Å². The molecule has 1 spiro atoms. The molecule has 2 aliphatic heterocycles. The number of oxime groups is 1. The Labute approximate surface area is 257 Å². The molecule has 0 bridgehead atoms. The predicted molar refractivity (Wildman–Crippen MR) is 161 cm³/mol. The number of likely N-dealkylation sites (tertiary alicyclic amines) is 1. The predicted octanol–water partition coefficient (Wildman–Crippen LogP) is 4.28. The van der Waals surface area contributed by atoms with E-state index in [9.17, 15) is 24.3 Å². The Morgan fingerprint density at radius 1 is 1.26 bits per heavy atom. The van der Waals surface area contributed by atoms with E-state index in [1.54, 1.807) is 18.2 Å². The van der Waals surface area contributed by atoms with Gasteiger partial charge >= 0.3 is 12.1 Å². The topological polar surface area (TPSA) is 147 Å². The van der Waals surface area contributed by atoms with Crippen LogP contribution in [0.15, 0.2) is 42.1 Å². The summed E-state index contributed by atoms with van der Waals surface area (Å²) in [5, 5.41) is 20.2. The van der Waals surface area contributed by atoms with Crippen LogP contribution in [0.5, 0.6) is 0 Å². The number of amides is 3. The summed E-state index contributed by atoms with van der Waals surface area (Å²) in [5.41, 5.74) is -1.86. The first-order valence-electron chi connectivity index (χ1n) is 14.7. The molecule has 0 radical (unpaired) electrons. The maximum absolute atomic E-state index is 14.3. The fourth-order valence-corrected chi connectivity index (χ4v) is 6.59. The Kier molecular flexibility index (Phi) is 8.24. The Morgan fingerprint density at radius 2 is 1.98 bits per heavy atom. The standard InChI is InChI=1S/C31H39ClN4O7.H2/c1-5-19-14-31(19,27(39)40)34-25(37)23-16-30(15-22(35-43-30)18-9-8-10-20(32)13-18)17-36(23)26(38)24(29(2,3)4)33-28(41)42-21-11-6-7-12-21;/h5,8-10,13,19,21,23-24H,1,6-7,11-12,14-17H2,2-4H3,(H,33,41)(H,34,37)(H,39,40);1H/t19-,23+,24-,30-,31-;/m1./s1. The zero-order valence-corrected chi connectivity index (χ0v) is 25.5. The van der Waals surface area contributed by atoms with E-state index in [0.29, 0.717) is 17.2 Å². The van der Waals surface area contributed by atoms with Gasteiger partial charge in [0, 0.05) is 30.8 Å². The number of nitrogens with one attached hydrogen (secondary N) is 2. The van der Waals surface area contributed by atoms with Gasteiger partial charge in [-0.15, -0.1) is 6.58 Å². The summed E-state index contributed by atoms with van der Waals surface area (Å²) >= 11 is 6.19. The molecule has 12 heteroatoms. The zero-order chi connectivity index (χ0) is 31.2. The maximum Gasteiger partial charge on any atom is 0.408 e. The maximum atomic E-state index is 14.3. The fourth-order valence-electron chi connectivity index (χ4n) is 6.39. The number of rotatable bonds is 8. The highest BCUT2D eigenvalue weighted by Crippen LogP contribution is 2.46. The van der Waals surface area contributed by atoms with Gasteiger partial charge in [-0.3, -0.25) is 9.59 Å². The number of hydrogen-bond acceptors (Lipinski definition) is 7. The van der Waals surface area contributed by atoms with Gasteiger partial charge in [-0.05, 0) is 49.7 Å². The highest BCUT2D eigenvalue weighted by molar-refractivity contribution is 6.31. The lowest BCUT2D eigenvalue weighted by atomic mass is 9.85. The van der Waals surface area contributed by atoms with Crippen molar-refractivity contribution in [1.82, 2.24) is 15.5 Å². The van der Waals surface area contributed by atoms with Crippen LogP contribution >= 0.6 is 11.6 Å². The molecular formula is C31H41ClN4O7. The molecule has 3 amide bonds. The first-order valence-corrected chi connectivity index (χ1v) is 15.1. The van der Waals surface area contributed by atoms with Crippen molar-refractivity contribution in [2.75, 3.05) is 6.54 Å². The van der Waals surface area contributed by atoms with Crippen LogP contribution in [-0.2, 0) is 24.0 Å². The number of carboxylic acids is 1. The molecule has 5 rings (SSSR count). The van der Waals surface area contributed by atoms with E-state index in [-0.39, 0.29) is 26.9 Å². The van der Waals surface area contributed by atoms with Gasteiger partial charge in [0.15, 0.2) is 5.60 Å². The molecule has 1 aromatic carbocycles. The number of alkyl carbamates (subject to hydrolysis) is 1. The third-order valence-electron chi connectivity index (χ3n) is 8.96. The quantitative estimate of drug-likeness (QED) is 0.369. The molecule has 2 heterocycles. The van der Waals surface area contributed by atoms with Crippen LogP contribution in [0, 0.1) is 11.3 Å². The lowest BCUT2D eigenvalue weighted by molar-refractivity contribution is -0.146. The van der Waals surface area contributed by atoms with Crippen LogP contribution < -0.4 is 10.6 Å². The van der Waals surface area contributed by atoms with Gasteiger partial charge < -0.3 is 30.2 Å². The van der Waals surface area contributed by atoms with Crippen LogP contribution in [0.25, 0.3) is 0 Å². The van der Waals surface area contributed by atoms with E-state index in [2.05, 4.69) is 22.4 Å². The molecule has 0 unspecified atom stereocenters. The van der Waals surface area contributed by atoms with Gasteiger partial charge in [-0.1, -0.05) is 55.7 Å². The molecule has 4 aliphatic rings. The number of ether oxygens (including phenoxy) is 1. The Bertz CT molecular complexity index is 1360. The van der Waals surface area contributed by atoms with Gasteiger partial charge in [-0.2, -0.15) is 0 Å². The number of carboxylic acid groups (broad SMARTS) is 1. The van der Waals surface area contributed by atoms with Crippen LogP contribution in [0.1, 0.15) is 72.7 Å². The summed E-state index contributed by atoms with van der Waals surface area (Å²) in [6.07, 6.45) is 4.75. The molecule has 2 aliphatic carbocycles. The second kappa shape index (κ2) is 11.5. The summed E-state index contributed by atoms with van der Waals surface area (Å²) in [6.45, 7) is 9.15. The van der Waals surface area contributed by atoms with Crippen LogP contribution in [-0.4, -0.2) is 75.5 Å². The number of nitrogens with zero attached hydrogens (tertiary/aromatic N) is 2. The summed E-state index contributed by atoms with van der Waals surface area (Å²) in [6, 6.07) is 5.06. The number of carbonyl (C=O) groups is 4. The normalized spacial score (nSPS) is 29.0. The van der Waals surface area contributed by atoms with Crippen molar-refractivity contribution in [3.8, 4) is 0 Å². The highest BCUT2D eigenvalue weighted by Gasteiger charge is 2.62. The Hall–Kier alpha value is -3.60. The highest BCUT2D eigenvalue weighted by atomic mass is 35.5. The third kappa shape index (κ3) is 6.23. The average Bonchev–Trinajstić information content (AvgIpc) is 3.30. The number of carbonyl (C=O) groups excluding carboxylic acids is 3. The van der Waals surface area contributed by atoms with Crippen molar-refractivity contribution in [2.45, 2.75) is 95.0 Å². The van der Waals surface area contributed by atoms with Crippen molar-refractivity contribution in [3.63, 3.8) is 0 Å². The second-order valence-electron chi connectivity index (χ2n) is 13.3. The van der Waals surface area contributed by atoms with E-state index in [4.69, 9.17) is 21.2 Å². The number of hydrogen-bond donors (Lipinski definition) is 3. The minimum atomic E-state index is -1.48. The molecule has 0 aromatic heterocycles. The van der Waals surface area contributed by atoms with Crippen LogP contribution in [0.4, 0.5) is 4.79 Å². The molecule has 43 heavy (non-hydrogen) atoms. The number of halogens is 1. The molecule has 3 N–H and O–H groups in total. The lowest BCUT2D eigenvalue weighted by Crippen LogP contribution is -2.59. The molecule has 5 atom stereocenters. The Balaban J connectivity index is 0.00000442. The molecule has 3 fully saturated rings. The molecular weight excluding hydrogens is 576 g/mol. The van der Waals surface area contributed by atoms with Crippen molar-refractivity contribution in [2.24, 2.45) is 16.5 Å². The second-order valence-corrected chi connectivity index (χ2v) is 13.7. The molecule has 2 saturated carbocycles. The van der Waals surface area contributed by atoms with Gasteiger partial charge in [0.05, 0.1) is 12.3 Å². The first kappa shape index (κ1) is 30.8. The van der Waals surface area contributed by atoms with Gasteiger partial charge in [0.25, 0.3) is 0 Å². The van der Waals surface area contributed by atoms with Crippen molar-refractivity contribution in [3.05, 3.63) is 47.5 Å². The van der Waals surface area contributed by atoms with Gasteiger partial charge in [0.2, 0.25) is 11.8 Å². The molecule has 11 nitrogen and oxygen atoms in total. The molecule has 1 saturated heterocycles. The largest absolute Gasteiger partial charge is 0.479 e. The van der Waals surface area contributed by atoms with Crippen molar-refractivity contribution in [1.29, 1.82) is 0 Å². The van der Waals surface area contributed by atoms with Crippen LogP contribution in [0.3, 0.4) is 0 Å². The summed E-state index contributed by atoms with van der Waals surface area (Å²) < 4.78 is 5.59. The number of benzene rings is 1. The minimum Gasteiger partial charge on any atom is -0.479 e. The lowest BCUT2D eigenvalue weighted by Gasteiger charge is -2.35. The van der Waals surface area contributed by atoms with Crippen LogP contribution in [0.2, 0.25) is 5.02 Å². The average molecular weight is 617 g/mol. The van der Waals surface area contributed by atoms with E-state index < -0.39 is 58.4 Å². The summed E-state index contributed by atoms with van der Waals surface area (Å²) in [7, 11) is 0. The summed E-state index contributed by atoms with van der Waals surface area (Å²) in [4.78, 5) is 60.5. The SMILES string of the molecule is C=C[C@@H]1C[C@]1(NC(=O)[C@@H]1C[C@]2(CC(c3cccc(Cl)c3)=NO2)CN1C(=O)[C@@H](NC(=O)OC1CCCC1)C(C)(C)C)C(=O)O.[HH]. The monoisotopic (exact) mass is 616 g/mol. The Morgan fingerprint density at radius 3 is 2.58 bits per heavy atom. The van der Waals surface area contributed by atoms with Gasteiger partial charge in [-0.25, -0.2) is 9.59 Å². The van der Waals surface area contributed by atoms with E-state index in [1.165, 1.54) is 11.0 Å². The van der Waals surface area contributed by atoms with Crippen molar-refractivity contribution < 1.29 is 35.3 Å². The van der Waals surface area contributed by atoms with Gasteiger partial charge in [0.1, 0.15) is 23.7 Å². The first-order chi connectivity index (χ1) is 20.3. The molecule has 234 valence electrons.